The van der Waals surface area contributed by atoms with Crippen LogP contribution in [0.1, 0.15) is 35.3 Å². The molecular weight excluding hydrogens is 396 g/mol. The molecule has 0 bridgehead atoms. The van der Waals surface area contributed by atoms with E-state index in [1.807, 2.05) is 13.8 Å². The summed E-state index contributed by atoms with van der Waals surface area (Å²) in [4.78, 5) is 25.3. The summed E-state index contributed by atoms with van der Waals surface area (Å²) < 4.78 is 27.6. The van der Waals surface area contributed by atoms with Crippen molar-refractivity contribution in [1.29, 1.82) is 0 Å². The van der Waals surface area contributed by atoms with Gasteiger partial charge >= 0.3 is 10.1 Å². The van der Waals surface area contributed by atoms with Gasteiger partial charge in [0.15, 0.2) is 0 Å². The van der Waals surface area contributed by atoms with Crippen LogP contribution in [0.5, 0.6) is 5.75 Å². The van der Waals surface area contributed by atoms with Gasteiger partial charge in [-0.3, -0.25) is 14.9 Å². The monoisotopic (exact) mass is 420 g/mol. The first kappa shape index (κ1) is 22.4. The van der Waals surface area contributed by atoms with Gasteiger partial charge in [0.05, 0.1) is 11.2 Å². The number of rotatable bonds is 8. The van der Waals surface area contributed by atoms with Gasteiger partial charge in [0, 0.05) is 30.3 Å². The lowest BCUT2D eigenvalue weighted by Crippen LogP contribution is -2.33. The standard InChI is InChI=1S/C20H24N2O6S/c1-14(2)12-21(13-16-6-5-7-18(10-16)28-29(4,26)27)20(23)17-9-8-15(3)19(11-17)22(24)25/h5-11,14H,12-13H2,1-4H3. The van der Waals surface area contributed by atoms with Crippen molar-refractivity contribution in [2.75, 3.05) is 12.8 Å². The molecule has 2 rings (SSSR count). The highest BCUT2D eigenvalue weighted by atomic mass is 32.2. The number of hydrogen-bond acceptors (Lipinski definition) is 6. The van der Waals surface area contributed by atoms with Gasteiger partial charge < -0.3 is 9.08 Å². The van der Waals surface area contributed by atoms with E-state index >= 15 is 0 Å². The number of aryl methyl sites for hydroxylation is 1. The Hall–Kier alpha value is -2.94. The van der Waals surface area contributed by atoms with E-state index in [0.29, 0.717) is 17.7 Å². The number of amides is 1. The number of nitrogens with zero attached hydrogens (tertiary/aromatic N) is 2. The molecule has 1 amide bonds. The smallest absolute Gasteiger partial charge is 0.306 e. The minimum atomic E-state index is -3.66. The third-order valence-corrected chi connectivity index (χ3v) is 4.54. The van der Waals surface area contributed by atoms with Gasteiger partial charge in [0.25, 0.3) is 11.6 Å². The van der Waals surface area contributed by atoms with Crippen molar-refractivity contribution in [3.63, 3.8) is 0 Å². The Morgan fingerprint density at radius 2 is 1.90 bits per heavy atom. The number of benzene rings is 2. The molecule has 0 spiro atoms. The zero-order valence-corrected chi connectivity index (χ0v) is 17.6. The van der Waals surface area contributed by atoms with Crippen molar-refractivity contribution in [3.8, 4) is 5.75 Å². The van der Waals surface area contributed by atoms with Gasteiger partial charge in [-0.1, -0.05) is 32.0 Å². The molecule has 0 radical (unpaired) electrons. The third-order valence-electron chi connectivity index (χ3n) is 4.05. The molecule has 2 aromatic carbocycles. The van der Waals surface area contributed by atoms with E-state index in [-0.39, 0.29) is 35.4 Å². The summed E-state index contributed by atoms with van der Waals surface area (Å²) >= 11 is 0. The second kappa shape index (κ2) is 9.04. The van der Waals surface area contributed by atoms with Crippen LogP contribution in [0.25, 0.3) is 0 Å². The average molecular weight is 420 g/mol. The largest absolute Gasteiger partial charge is 0.383 e. The molecule has 0 aromatic heterocycles. The quantitative estimate of drug-likeness (QED) is 0.367. The summed E-state index contributed by atoms with van der Waals surface area (Å²) in [5.41, 5.74) is 1.28. The van der Waals surface area contributed by atoms with Crippen LogP contribution in [0.2, 0.25) is 0 Å². The fraction of sp³-hybridized carbons (Fsp3) is 0.350. The summed E-state index contributed by atoms with van der Waals surface area (Å²) in [6, 6.07) is 10.9. The SMILES string of the molecule is Cc1ccc(C(=O)N(Cc2cccc(OS(C)(=O)=O)c2)CC(C)C)cc1[N+](=O)[O-]. The molecule has 0 unspecified atom stereocenters. The Labute approximate surface area is 170 Å². The van der Waals surface area contributed by atoms with Crippen LogP contribution in [0.15, 0.2) is 42.5 Å². The van der Waals surface area contributed by atoms with E-state index in [0.717, 1.165) is 6.26 Å². The van der Waals surface area contributed by atoms with Gasteiger partial charge in [-0.25, -0.2) is 0 Å². The second-order valence-electron chi connectivity index (χ2n) is 7.27. The van der Waals surface area contributed by atoms with Crippen LogP contribution < -0.4 is 4.18 Å². The first-order valence-corrected chi connectivity index (χ1v) is 10.8. The predicted octanol–water partition coefficient (Wildman–Crippen LogP) is 3.54. The lowest BCUT2D eigenvalue weighted by molar-refractivity contribution is -0.385. The fourth-order valence-electron chi connectivity index (χ4n) is 2.87. The van der Waals surface area contributed by atoms with Gasteiger partial charge in [-0.15, -0.1) is 0 Å². The summed E-state index contributed by atoms with van der Waals surface area (Å²) in [7, 11) is -3.66. The summed E-state index contributed by atoms with van der Waals surface area (Å²) in [6.45, 7) is 6.17. The van der Waals surface area contributed by atoms with Gasteiger partial charge in [-0.05, 0) is 36.6 Å². The van der Waals surface area contributed by atoms with Crippen LogP contribution in [0.4, 0.5) is 5.69 Å². The van der Waals surface area contributed by atoms with Crippen molar-refractivity contribution in [3.05, 3.63) is 69.3 Å². The van der Waals surface area contributed by atoms with Crippen molar-refractivity contribution >= 4 is 21.7 Å². The molecule has 0 atom stereocenters. The van der Waals surface area contributed by atoms with Crippen LogP contribution >= 0.6 is 0 Å². The molecule has 156 valence electrons. The molecule has 9 heteroatoms. The second-order valence-corrected chi connectivity index (χ2v) is 8.85. The van der Waals surface area contributed by atoms with Gasteiger partial charge in [0.2, 0.25) is 0 Å². The highest BCUT2D eigenvalue weighted by Gasteiger charge is 2.21. The van der Waals surface area contributed by atoms with Crippen LogP contribution in [-0.2, 0) is 16.7 Å². The van der Waals surface area contributed by atoms with Crippen LogP contribution in [0, 0.1) is 23.0 Å². The summed E-state index contributed by atoms with van der Waals surface area (Å²) in [6.07, 6.45) is 0.957. The number of nitro groups is 1. The molecule has 0 aliphatic heterocycles. The van der Waals surface area contributed by atoms with Gasteiger partial charge in [0.1, 0.15) is 5.75 Å². The van der Waals surface area contributed by atoms with Crippen LogP contribution in [-0.4, -0.2) is 36.9 Å². The normalized spacial score (nSPS) is 11.3. The first-order valence-electron chi connectivity index (χ1n) is 8.99. The minimum absolute atomic E-state index is 0.108. The molecule has 0 fully saturated rings. The maximum atomic E-state index is 13.1. The molecule has 2 aromatic rings. The van der Waals surface area contributed by atoms with Crippen molar-refractivity contribution in [1.82, 2.24) is 4.90 Å². The highest BCUT2D eigenvalue weighted by molar-refractivity contribution is 7.86. The topological polar surface area (TPSA) is 107 Å². The molecule has 0 saturated heterocycles. The molecule has 0 heterocycles. The minimum Gasteiger partial charge on any atom is -0.383 e. The van der Waals surface area contributed by atoms with E-state index < -0.39 is 15.0 Å². The summed E-state index contributed by atoms with van der Waals surface area (Å²) in [5.74, 6) is -0.0148. The van der Waals surface area contributed by atoms with Crippen molar-refractivity contribution in [2.24, 2.45) is 5.92 Å². The Morgan fingerprint density at radius 1 is 1.21 bits per heavy atom. The van der Waals surface area contributed by atoms with E-state index in [4.69, 9.17) is 4.18 Å². The molecule has 0 aliphatic carbocycles. The lowest BCUT2D eigenvalue weighted by atomic mass is 10.1. The number of carbonyl (C=O) groups is 1. The maximum Gasteiger partial charge on any atom is 0.306 e. The van der Waals surface area contributed by atoms with Crippen molar-refractivity contribution in [2.45, 2.75) is 27.3 Å². The molecular formula is C20H24N2O6S. The first-order chi connectivity index (χ1) is 13.5. The van der Waals surface area contributed by atoms with Crippen molar-refractivity contribution < 1.29 is 22.3 Å². The summed E-state index contributed by atoms with van der Waals surface area (Å²) in [5, 5.41) is 11.2. The van der Waals surface area contributed by atoms with E-state index in [2.05, 4.69) is 0 Å². The Balaban J connectivity index is 2.33. The Kier molecular flexibility index (Phi) is 6.97. The van der Waals surface area contributed by atoms with Gasteiger partial charge in [-0.2, -0.15) is 8.42 Å². The molecule has 8 nitrogen and oxygen atoms in total. The highest BCUT2D eigenvalue weighted by Crippen LogP contribution is 2.22. The van der Waals surface area contributed by atoms with E-state index in [9.17, 15) is 23.3 Å². The molecule has 29 heavy (non-hydrogen) atoms. The molecule has 0 N–H and O–H groups in total. The molecule has 0 saturated carbocycles. The Bertz CT molecular complexity index is 1020. The zero-order valence-electron chi connectivity index (χ0n) is 16.8. The molecule has 0 aliphatic rings. The predicted molar refractivity (Wildman–Crippen MR) is 109 cm³/mol. The number of hydrogen-bond donors (Lipinski definition) is 0. The Morgan fingerprint density at radius 3 is 2.48 bits per heavy atom. The zero-order chi connectivity index (χ0) is 21.8. The average Bonchev–Trinajstić information content (AvgIpc) is 2.59. The maximum absolute atomic E-state index is 13.1. The van der Waals surface area contributed by atoms with E-state index in [1.54, 1.807) is 42.2 Å². The van der Waals surface area contributed by atoms with Crippen LogP contribution in [0.3, 0.4) is 0 Å². The van der Waals surface area contributed by atoms with E-state index in [1.165, 1.54) is 12.1 Å². The fourth-order valence-corrected chi connectivity index (χ4v) is 3.33. The lowest BCUT2D eigenvalue weighted by Gasteiger charge is -2.25. The third kappa shape index (κ3) is 6.56. The number of nitro benzene ring substituents is 1. The number of carbonyl (C=O) groups excluding carboxylic acids is 1.